The van der Waals surface area contributed by atoms with E-state index in [0.717, 1.165) is 23.3 Å². The number of pyridine rings is 1. The third kappa shape index (κ3) is 3.75. The lowest BCUT2D eigenvalue weighted by molar-refractivity contribution is 0.0718. The van der Waals surface area contributed by atoms with Crippen LogP contribution in [0.5, 0.6) is 5.88 Å². The Balaban J connectivity index is 1.80. The van der Waals surface area contributed by atoms with Crippen molar-refractivity contribution in [1.82, 2.24) is 14.8 Å². The number of carbonyl (C=O) groups excluding carboxylic acids is 2. The molecule has 0 N–H and O–H groups in total. The number of aromatic nitrogens is 3. The summed E-state index contributed by atoms with van der Waals surface area (Å²) in [5.74, 6) is 0.491. The van der Waals surface area contributed by atoms with Crippen molar-refractivity contribution < 1.29 is 14.3 Å². The van der Waals surface area contributed by atoms with E-state index in [-0.39, 0.29) is 17.1 Å². The van der Waals surface area contributed by atoms with Gasteiger partial charge in [0.1, 0.15) is 5.56 Å². The van der Waals surface area contributed by atoms with Crippen LogP contribution in [0.25, 0.3) is 0 Å². The number of ether oxygens (including phenoxy) is 1. The average Bonchev–Trinajstić information content (AvgIpc) is 3.02. The third-order valence-corrected chi connectivity index (χ3v) is 7.34. The molecule has 3 aromatic rings. The number of fused-ring (bicyclic) bond motifs is 1. The molecule has 7 heteroatoms. The van der Waals surface area contributed by atoms with Gasteiger partial charge in [-0.05, 0) is 73.2 Å². The molecule has 0 fully saturated rings. The van der Waals surface area contributed by atoms with Crippen LogP contribution in [0.3, 0.4) is 0 Å². The number of carbonyl (C=O) groups is 2. The molecule has 0 saturated carbocycles. The first kappa shape index (κ1) is 22.3. The van der Waals surface area contributed by atoms with E-state index in [4.69, 9.17) is 4.74 Å². The molecule has 32 heavy (non-hydrogen) atoms. The van der Waals surface area contributed by atoms with E-state index in [2.05, 4.69) is 30.9 Å². The molecule has 0 aliphatic carbocycles. The summed E-state index contributed by atoms with van der Waals surface area (Å²) in [6.45, 7) is 10.3. The van der Waals surface area contributed by atoms with Gasteiger partial charge >= 0.3 is 5.97 Å². The van der Waals surface area contributed by atoms with Gasteiger partial charge in [0.2, 0.25) is 11.7 Å². The van der Waals surface area contributed by atoms with Crippen LogP contribution < -0.4 is 4.74 Å². The van der Waals surface area contributed by atoms with E-state index < -0.39 is 5.97 Å². The van der Waals surface area contributed by atoms with Gasteiger partial charge in [0.05, 0.1) is 11.3 Å². The fourth-order valence-electron chi connectivity index (χ4n) is 4.45. The lowest BCUT2D eigenvalue weighted by Crippen LogP contribution is -2.26. The van der Waals surface area contributed by atoms with Crippen LogP contribution in [0.15, 0.2) is 35.5 Å². The summed E-state index contributed by atoms with van der Waals surface area (Å²) in [5, 5.41) is 4.37. The third-order valence-electron chi connectivity index (χ3n) is 6.12. The molecule has 0 bridgehead atoms. The first-order chi connectivity index (χ1) is 15.1. The highest BCUT2D eigenvalue weighted by Gasteiger charge is 2.34. The maximum Gasteiger partial charge on any atom is 0.344 e. The van der Waals surface area contributed by atoms with Gasteiger partial charge in [-0.15, -0.1) is 11.8 Å². The standard InChI is InChI=1S/C25H27N3O3S/c1-14-13-18(15(2)20-22(14)32-12-9-25(20,4)5)21(29)19-16(3)27-28(6)23(19)31-24(30)17-7-10-26-11-8-17/h7-8,10-11,13H,9,12H2,1-6H3. The highest BCUT2D eigenvalue weighted by atomic mass is 32.2. The van der Waals surface area contributed by atoms with E-state index in [1.165, 1.54) is 27.5 Å². The molecule has 166 valence electrons. The van der Waals surface area contributed by atoms with Crippen LogP contribution in [-0.4, -0.2) is 32.3 Å². The van der Waals surface area contributed by atoms with Crippen molar-refractivity contribution in [2.24, 2.45) is 7.05 Å². The molecule has 6 nitrogen and oxygen atoms in total. The molecule has 3 heterocycles. The molecule has 2 aromatic heterocycles. The molecule has 0 atom stereocenters. The molecule has 0 radical (unpaired) electrons. The minimum Gasteiger partial charge on any atom is -0.403 e. The molecule has 1 aliphatic rings. The van der Waals surface area contributed by atoms with E-state index in [1.807, 2.05) is 24.8 Å². The zero-order valence-corrected chi connectivity index (χ0v) is 20.1. The van der Waals surface area contributed by atoms with Crippen LogP contribution in [0.4, 0.5) is 0 Å². The maximum absolute atomic E-state index is 13.8. The number of ketones is 1. The SMILES string of the molecule is Cc1cc(C(=O)c2c(C)nn(C)c2OC(=O)c2ccncc2)c(C)c2c1SCCC2(C)C. The Labute approximate surface area is 192 Å². The second kappa shape index (κ2) is 8.20. The van der Waals surface area contributed by atoms with Crippen LogP contribution in [0.1, 0.15) is 68.9 Å². The Hall–Kier alpha value is -2.93. The molecular weight excluding hydrogens is 422 g/mol. The van der Waals surface area contributed by atoms with Gasteiger partial charge in [0.15, 0.2) is 0 Å². The van der Waals surface area contributed by atoms with Crippen LogP contribution in [0, 0.1) is 20.8 Å². The zero-order chi connectivity index (χ0) is 23.2. The normalized spacial score (nSPS) is 14.7. The summed E-state index contributed by atoms with van der Waals surface area (Å²) in [4.78, 5) is 31.7. The van der Waals surface area contributed by atoms with Gasteiger partial charge in [-0.25, -0.2) is 9.48 Å². The second-order valence-electron chi connectivity index (χ2n) is 8.90. The summed E-state index contributed by atoms with van der Waals surface area (Å²) in [7, 11) is 1.67. The Kier molecular flexibility index (Phi) is 5.71. The first-order valence-corrected chi connectivity index (χ1v) is 11.6. The van der Waals surface area contributed by atoms with Crippen molar-refractivity contribution in [2.75, 3.05) is 5.75 Å². The highest BCUT2D eigenvalue weighted by molar-refractivity contribution is 7.99. The predicted octanol–water partition coefficient (Wildman–Crippen LogP) is 4.96. The van der Waals surface area contributed by atoms with E-state index in [9.17, 15) is 9.59 Å². The lowest BCUT2D eigenvalue weighted by atomic mass is 9.76. The van der Waals surface area contributed by atoms with Crippen LogP contribution in [0.2, 0.25) is 0 Å². The Bertz CT molecular complexity index is 1230. The lowest BCUT2D eigenvalue weighted by Gasteiger charge is -2.35. The van der Waals surface area contributed by atoms with Crippen molar-refractivity contribution in [3.8, 4) is 5.88 Å². The molecule has 1 aliphatic heterocycles. The molecule has 4 rings (SSSR count). The number of benzene rings is 1. The number of aryl methyl sites for hydroxylation is 3. The fraction of sp³-hybridized carbons (Fsp3) is 0.360. The predicted molar refractivity (Wildman–Crippen MR) is 125 cm³/mol. The summed E-state index contributed by atoms with van der Waals surface area (Å²) >= 11 is 1.86. The van der Waals surface area contributed by atoms with E-state index in [1.54, 1.807) is 26.1 Å². The number of rotatable bonds is 4. The van der Waals surface area contributed by atoms with Gasteiger partial charge in [0, 0.05) is 29.9 Å². The number of hydrogen-bond donors (Lipinski definition) is 0. The number of esters is 1. The minimum absolute atomic E-state index is 0.00760. The minimum atomic E-state index is -0.555. The fourth-order valence-corrected chi connectivity index (χ4v) is 6.12. The topological polar surface area (TPSA) is 74.1 Å². The number of thioether (sulfide) groups is 1. The second-order valence-corrected chi connectivity index (χ2v) is 10.0. The summed E-state index contributed by atoms with van der Waals surface area (Å²) < 4.78 is 7.10. The first-order valence-electron chi connectivity index (χ1n) is 10.6. The van der Waals surface area contributed by atoms with Gasteiger partial charge in [-0.2, -0.15) is 5.10 Å². The zero-order valence-electron chi connectivity index (χ0n) is 19.3. The number of hydrogen-bond acceptors (Lipinski definition) is 6. The van der Waals surface area contributed by atoms with Crippen LogP contribution >= 0.6 is 11.8 Å². The van der Waals surface area contributed by atoms with Crippen molar-refractivity contribution in [3.63, 3.8) is 0 Å². The van der Waals surface area contributed by atoms with Crippen molar-refractivity contribution in [2.45, 2.75) is 51.3 Å². The molecule has 0 unspecified atom stereocenters. The summed E-state index contributed by atoms with van der Waals surface area (Å²) in [6, 6.07) is 5.11. The van der Waals surface area contributed by atoms with Gasteiger partial charge in [-0.1, -0.05) is 13.8 Å². The Morgan fingerprint density at radius 2 is 1.84 bits per heavy atom. The van der Waals surface area contributed by atoms with Gasteiger partial charge < -0.3 is 4.74 Å². The number of nitrogens with zero attached hydrogens (tertiary/aromatic N) is 3. The molecule has 0 amide bonds. The largest absolute Gasteiger partial charge is 0.403 e. The van der Waals surface area contributed by atoms with Crippen molar-refractivity contribution in [3.05, 3.63) is 69.7 Å². The molecular formula is C25H27N3O3S. The monoisotopic (exact) mass is 449 g/mol. The molecule has 0 saturated heterocycles. The molecule has 0 spiro atoms. The summed E-state index contributed by atoms with van der Waals surface area (Å²) in [6.07, 6.45) is 4.11. The van der Waals surface area contributed by atoms with Crippen molar-refractivity contribution in [1.29, 1.82) is 0 Å². The quantitative estimate of drug-likeness (QED) is 0.414. The van der Waals surface area contributed by atoms with Gasteiger partial charge in [0.25, 0.3) is 0 Å². The highest BCUT2D eigenvalue weighted by Crippen LogP contribution is 2.46. The Morgan fingerprint density at radius 3 is 2.53 bits per heavy atom. The average molecular weight is 450 g/mol. The molecule has 1 aromatic carbocycles. The maximum atomic E-state index is 13.8. The Morgan fingerprint density at radius 1 is 1.16 bits per heavy atom. The smallest absolute Gasteiger partial charge is 0.344 e. The van der Waals surface area contributed by atoms with E-state index in [0.29, 0.717) is 22.4 Å². The van der Waals surface area contributed by atoms with Crippen LogP contribution in [-0.2, 0) is 12.5 Å². The van der Waals surface area contributed by atoms with Crippen molar-refractivity contribution >= 4 is 23.5 Å². The summed E-state index contributed by atoms with van der Waals surface area (Å²) in [5.41, 5.74) is 5.16. The van der Waals surface area contributed by atoms with Gasteiger partial charge in [-0.3, -0.25) is 9.78 Å². The van der Waals surface area contributed by atoms with E-state index >= 15 is 0 Å².